The van der Waals surface area contributed by atoms with E-state index in [4.69, 9.17) is 0 Å². The van der Waals surface area contributed by atoms with Gasteiger partial charge in [0.2, 0.25) is 0 Å². The molecule has 3 heteroatoms. The van der Waals surface area contributed by atoms with Crippen molar-refractivity contribution in [1.82, 2.24) is 5.32 Å². The summed E-state index contributed by atoms with van der Waals surface area (Å²) >= 11 is 0. The lowest BCUT2D eigenvalue weighted by molar-refractivity contribution is 0.103. The maximum Gasteiger partial charge on any atom is 0.193 e. The summed E-state index contributed by atoms with van der Waals surface area (Å²) in [6.07, 6.45) is 0. The van der Waals surface area contributed by atoms with Crippen LogP contribution in [0, 0.1) is 5.82 Å². The quantitative estimate of drug-likeness (QED) is 0.837. The number of hydrogen-bond donors (Lipinski definition) is 1. The zero-order valence-corrected chi connectivity index (χ0v) is 10.1. The van der Waals surface area contributed by atoms with E-state index < -0.39 is 0 Å². The van der Waals surface area contributed by atoms with Crippen molar-refractivity contribution < 1.29 is 9.18 Å². The standard InChI is InChI=1S/C15H14FNO/c1-17-10-11-3-2-4-13(9-11)15(18)12-5-7-14(16)8-6-12/h2-9,17H,10H2,1H3. The molecule has 0 radical (unpaired) electrons. The van der Waals surface area contributed by atoms with Gasteiger partial charge in [0, 0.05) is 17.7 Å². The number of nitrogens with one attached hydrogen (secondary N) is 1. The number of carbonyl (C=O) groups is 1. The molecule has 0 bridgehead atoms. The third kappa shape index (κ3) is 2.81. The van der Waals surface area contributed by atoms with Gasteiger partial charge in [-0.15, -0.1) is 0 Å². The van der Waals surface area contributed by atoms with Crippen LogP contribution in [0.2, 0.25) is 0 Å². The summed E-state index contributed by atoms with van der Waals surface area (Å²) in [6.45, 7) is 0.713. The van der Waals surface area contributed by atoms with E-state index in [1.165, 1.54) is 24.3 Å². The lowest BCUT2D eigenvalue weighted by Crippen LogP contribution is -2.07. The second-order valence-electron chi connectivity index (χ2n) is 4.07. The number of hydrogen-bond acceptors (Lipinski definition) is 2. The molecule has 0 spiro atoms. The third-order valence-corrected chi connectivity index (χ3v) is 2.68. The molecule has 18 heavy (non-hydrogen) atoms. The van der Waals surface area contributed by atoms with Crippen LogP contribution in [0.25, 0.3) is 0 Å². The molecule has 0 heterocycles. The Kier molecular flexibility index (Phi) is 3.85. The number of carbonyl (C=O) groups excluding carboxylic acids is 1. The van der Waals surface area contributed by atoms with Crippen molar-refractivity contribution in [3.05, 3.63) is 71.0 Å². The van der Waals surface area contributed by atoms with Gasteiger partial charge < -0.3 is 5.32 Å². The molecule has 0 atom stereocenters. The Morgan fingerprint density at radius 2 is 1.83 bits per heavy atom. The molecule has 0 amide bonds. The molecule has 1 N–H and O–H groups in total. The van der Waals surface area contributed by atoms with Gasteiger partial charge in [0.25, 0.3) is 0 Å². The van der Waals surface area contributed by atoms with Gasteiger partial charge in [-0.1, -0.05) is 18.2 Å². The molecule has 0 aliphatic heterocycles. The van der Waals surface area contributed by atoms with Crippen molar-refractivity contribution in [1.29, 1.82) is 0 Å². The van der Waals surface area contributed by atoms with Crippen LogP contribution in [0.3, 0.4) is 0 Å². The molecule has 2 rings (SSSR count). The fourth-order valence-electron chi connectivity index (χ4n) is 1.79. The average Bonchev–Trinajstić information content (AvgIpc) is 2.39. The second kappa shape index (κ2) is 5.56. The van der Waals surface area contributed by atoms with Crippen LogP contribution in [-0.4, -0.2) is 12.8 Å². The van der Waals surface area contributed by atoms with Crippen LogP contribution in [0.15, 0.2) is 48.5 Å². The molecule has 0 aromatic heterocycles. The van der Waals surface area contributed by atoms with E-state index in [9.17, 15) is 9.18 Å². The number of halogens is 1. The highest BCUT2D eigenvalue weighted by Gasteiger charge is 2.09. The summed E-state index contributed by atoms with van der Waals surface area (Å²) < 4.78 is 12.8. The van der Waals surface area contributed by atoms with Gasteiger partial charge in [0.1, 0.15) is 5.82 Å². The van der Waals surface area contributed by atoms with E-state index in [0.29, 0.717) is 17.7 Å². The maximum absolute atomic E-state index is 12.8. The normalized spacial score (nSPS) is 10.3. The molecule has 92 valence electrons. The van der Waals surface area contributed by atoms with Crippen molar-refractivity contribution in [2.75, 3.05) is 7.05 Å². The van der Waals surface area contributed by atoms with Crippen molar-refractivity contribution in [2.24, 2.45) is 0 Å². The van der Waals surface area contributed by atoms with Crippen LogP contribution in [0.5, 0.6) is 0 Å². The Morgan fingerprint density at radius 1 is 1.11 bits per heavy atom. The molecular weight excluding hydrogens is 229 g/mol. The lowest BCUT2D eigenvalue weighted by Gasteiger charge is -2.04. The van der Waals surface area contributed by atoms with Gasteiger partial charge >= 0.3 is 0 Å². The molecule has 2 aromatic rings. The summed E-state index contributed by atoms with van der Waals surface area (Å²) in [5.74, 6) is -0.427. The monoisotopic (exact) mass is 243 g/mol. The highest BCUT2D eigenvalue weighted by atomic mass is 19.1. The Hall–Kier alpha value is -2.00. The molecule has 0 aliphatic rings. The Bertz CT molecular complexity index is 549. The third-order valence-electron chi connectivity index (χ3n) is 2.68. The highest BCUT2D eigenvalue weighted by molar-refractivity contribution is 6.09. The smallest absolute Gasteiger partial charge is 0.193 e. The van der Waals surface area contributed by atoms with Crippen LogP contribution in [0.4, 0.5) is 4.39 Å². The molecule has 2 nitrogen and oxygen atoms in total. The van der Waals surface area contributed by atoms with Gasteiger partial charge in [-0.25, -0.2) is 4.39 Å². The number of benzene rings is 2. The first-order valence-electron chi connectivity index (χ1n) is 5.74. The molecule has 2 aromatic carbocycles. The minimum absolute atomic E-state index is 0.0899. The topological polar surface area (TPSA) is 29.1 Å². The minimum atomic E-state index is -0.338. The summed E-state index contributed by atoms with van der Waals surface area (Å²) in [6, 6.07) is 13.0. The van der Waals surface area contributed by atoms with Crippen molar-refractivity contribution in [3.63, 3.8) is 0 Å². The van der Waals surface area contributed by atoms with Crippen molar-refractivity contribution in [3.8, 4) is 0 Å². The van der Waals surface area contributed by atoms with Gasteiger partial charge in [0.05, 0.1) is 0 Å². The van der Waals surface area contributed by atoms with E-state index in [1.54, 1.807) is 6.07 Å². The van der Waals surface area contributed by atoms with Crippen LogP contribution in [0.1, 0.15) is 21.5 Å². The van der Waals surface area contributed by atoms with E-state index in [1.807, 2.05) is 25.2 Å². The number of ketones is 1. The van der Waals surface area contributed by atoms with E-state index >= 15 is 0 Å². The number of rotatable bonds is 4. The molecular formula is C15H14FNO. The second-order valence-corrected chi connectivity index (χ2v) is 4.07. The average molecular weight is 243 g/mol. The Balaban J connectivity index is 2.28. The van der Waals surface area contributed by atoms with Crippen molar-refractivity contribution >= 4 is 5.78 Å². The lowest BCUT2D eigenvalue weighted by atomic mass is 10.0. The van der Waals surface area contributed by atoms with Gasteiger partial charge in [0.15, 0.2) is 5.78 Å². The van der Waals surface area contributed by atoms with E-state index in [0.717, 1.165) is 5.56 Å². The van der Waals surface area contributed by atoms with Gasteiger partial charge in [-0.3, -0.25) is 4.79 Å². The molecule has 0 saturated carbocycles. The fourth-order valence-corrected chi connectivity index (χ4v) is 1.79. The molecule has 0 fully saturated rings. The van der Waals surface area contributed by atoms with Crippen LogP contribution < -0.4 is 5.32 Å². The largest absolute Gasteiger partial charge is 0.316 e. The first-order valence-corrected chi connectivity index (χ1v) is 5.74. The summed E-state index contributed by atoms with van der Waals surface area (Å²) in [4.78, 5) is 12.2. The minimum Gasteiger partial charge on any atom is -0.316 e. The molecule has 0 unspecified atom stereocenters. The fraction of sp³-hybridized carbons (Fsp3) is 0.133. The molecule has 0 saturated heterocycles. The van der Waals surface area contributed by atoms with Crippen molar-refractivity contribution in [2.45, 2.75) is 6.54 Å². The van der Waals surface area contributed by atoms with Crippen LogP contribution in [-0.2, 0) is 6.54 Å². The Labute approximate surface area is 105 Å². The first-order chi connectivity index (χ1) is 8.70. The van der Waals surface area contributed by atoms with E-state index in [2.05, 4.69) is 5.32 Å². The Morgan fingerprint density at radius 3 is 2.50 bits per heavy atom. The zero-order chi connectivity index (χ0) is 13.0. The van der Waals surface area contributed by atoms with E-state index in [-0.39, 0.29) is 11.6 Å². The SMILES string of the molecule is CNCc1cccc(C(=O)c2ccc(F)cc2)c1. The van der Waals surface area contributed by atoms with Gasteiger partial charge in [-0.05, 0) is 42.9 Å². The summed E-state index contributed by atoms with van der Waals surface area (Å²) in [5.41, 5.74) is 2.16. The highest BCUT2D eigenvalue weighted by Crippen LogP contribution is 2.12. The predicted octanol–water partition coefficient (Wildman–Crippen LogP) is 2.78. The van der Waals surface area contributed by atoms with Gasteiger partial charge in [-0.2, -0.15) is 0 Å². The molecule has 0 aliphatic carbocycles. The first kappa shape index (κ1) is 12.5. The summed E-state index contributed by atoms with van der Waals surface area (Å²) in [5, 5.41) is 3.04. The maximum atomic E-state index is 12.8. The zero-order valence-electron chi connectivity index (χ0n) is 10.1. The summed E-state index contributed by atoms with van der Waals surface area (Å²) in [7, 11) is 1.86. The van der Waals surface area contributed by atoms with Crippen LogP contribution >= 0.6 is 0 Å². The predicted molar refractivity (Wildman–Crippen MR) is 69.0 cm³/mol.